The van der Waals surface area contributed by atoms with Gasteiger partial charge in [-0.1, -0.05) is 30.4 Å². The molecule has 10 nitrogen and oxygen atoms in total. The molecule has 3 saturated heterocycles. The van der Waals surface area contributed by atoms with Gasteiger partial charge in [-0.2, -0.15) is 9.97 Å². The summed E-state index contributed by atoms with van der Waals surface area (Å²) in [5, 5.41) is 4.43. The summed E-state index contributed by atoms with van der Waals surface area (Å²) in [6, 6.07) is 5.76. The fraction of sp³-hybridized carbons (Fsp3) is 0.533. The van der Waals surface area contributed by atoms with Gasteiger partial charge in [-0.15, -0.1) is 0 Å². The second-order valence-electron chi connectivity index (χ2n) is 12.3. The lowest BCUT2D eigenvalue weighted by atomic mass is 9.95. The predicted molar refractivity (Wildman–Crippen MR) is 162 cm³/mol. The Hall–Kier alpha value is -3.42. The molecule has 3 aromatic heterocycles. The Bertz CT molecular complexity index is 1740. The van der Waals surface area contributed by atoms with Gasteiger partial charge in [-0.25, -0.2) is 18.7 Å². The molecular weight excluding hydrogens is 574 g/mol. The summed E-state index contributed by atoms with van der Waals surface area (Å²) >= 11 is 1.34. The van der Waals surface area contributed by atoms with Crippen molar-refractivity contribution in [2.45, 2.75) is 69.4 Å². The lowest BCUT2D eigenvalue weighted by molar-refractivity contribution is 0.107. The first kappa shape index (κ1) is 27.2. The summed E-state index contributed by atoms with van der Waals surface area (Å²) in [5.41, 5.74) is 6.88. The Balaban J connectivity index is 1.30. The van der Waals surface area contributed by atoms with E-state index in [1.165, 1.54) is 11.3 Å². The first-order chi connectivity index (χ1) is 20.8. The maximum absolute atomic E-state index is 16.8. The molecule has 3 N–H and O–H groups in total. The second-order valence-corrected chi connectivity index (χ2v) is 13.3. The average Bonchev–Trinajstić information content (AvgIpc) is 3.64. The first-order valence-electron chi connectivity index (χ1n) is 15.1. The highest BCUT2D eigenvalue weighted by Gasteiger charge is 2.49. The molecule has 4 aromatic rings. The van der Waals surface area contributed by atoms with E-state index in [9.17, 15) is 4.39 Å². The van der Waals surface area contributed by atoms with E-state index < -0.39 is 12.0 Å². The molecule has 0 unspecified atom stereocenters. The number of nitrogens with one attached hydrogen (secondary N) is 1. The lowest BCUT2D eigenvalue weighted by Crippen LogP contribution is -2.60. The number of aromatic nitrogens is 4. The molecular formula is C30H34F2N8O2S. The zero-order valence-electron chi connectivity index (χ0n) is 24.1. The van der Waals surface area contributed by atoms with Crippen LogP contribution >= 0.6 is 11.3 Å². The quantitative estimate of drug-likeness (QED) is 0.340. The highest BCUT2D eigenvalue weighted by molar-refractivity contribution is 7.22. The topological polar surface area (TPSA) is 115 Å². The van der Waals surface area contributed by atoms with E-state index in [2.05, 4.69) is 32.0 Å². The van der Waals surface area contributed by atoms with E-state index in [0.29, 0.717) is 53.5 Å². The molecule has 0 amide bonds. The molecule has 0 aliphatic carbocycles. The zero-order chi connectivity index (χ0) is 29.5. The largest absolute Gasteiger partial charge is 0.472 e. The molecule has 1 aromatic carbocycles. The number of hydrogen-bond donors (Lipinski definition) is 2. The van der Waals surface area contributed by atoms with Crippen molar-refractivity contribution >= 4 is 43.4 Å². The lowest BCUT2D eigenvalue weighted by Gasteiger charge is -2.42. The zero-order valence-corrected chi connectivity index (χ0v) is 25.0. The van der Waals surface area contributed by atoms with Gasteiger partial charge in [0.15, 0.2) is 10.9 Å². The van der Waals surface area contributed by atoms with Crippen LogP contribution in [0.5, 0.6) is 11.9 Å². The van der Waals surface area contributed by atoms with Crippen LogP contribution in [0.25, 0.3) is 32.4 Å². The van der Waals surface area contributed by atoms with Gasteiger partial charge in [-0.3, -0.25) is 4.90 Å². The van der Waals surface area contributed by atoms with Gasteiger partial charge in [-0.05, 0) is 38.8 Å². The number of anilines is 2. The third kappa shape index (κ3) is 4.30. The van der Waals surface area contributed by atoms with Gasteiger partial charge in [0.2, 0.25) is 5.88 Å². The number of nitrogens with two attached hydrogens (primary N) is 1. The summed E-state index contributed by atoms with van der Waals surface area (Å²) < 4.78 is 44.9. The smallest absolute Gasteiger partial charge is 0.319 e. The van der Waals surface area contributed by atoms with Crippen molar-refractivity contribution < 1.29 is 18.3 Å². The minimum Gasteiger partial charge on any atom is -0.472 e. The monoisotopic (exact) mass is 608 g/mol. The maximum atomic E-state index is 16.8. The van der Waals surface area contributed by atoms with E-state index in [1.54, 1.807) is 6.07 Å². The van der Waals surface area contributed by atoms with Gasteiger partial charge in [0.25, 0.3) is 0 Å². The summed E-state index contributed by atoms with van der Waals surface area (Å²) in [6.07, 6.45) is 2.05. The minimum atomic E-state index is -0.881. The van der Waals surface area contributed by atoms with Crippen LogP contribution in [-0.2, 0) is 0 Å². The fourth-order valence-electron chi connectivity index (χ4n) is 7.47. The van der Waals surface area contributed by atoms with Crippen LogP contribution < -0.4 is 25.4 Å². The summed E-state index contributed by atoms with van der Waals surface area (Å²) in [7, 11) is 0. The Morgan fingerprint density at radius 1 is 1.21 bits per heavy atom. The SMILES string of the molecule is CC[C@@H]1CN2c3nc(OC[C@@]45CCCN4C[C@H](F)C5)nc4c(F)c(-c5cccc6sc(N)nc56)nc(c34)O[C@@H](C)[C@@H]2CN1. The second kappa shape index (κ2) is 10.1. The number of benzene rings is 1. The number of fused-ring (bicyclic) bond motifs is 4. The van der Waals surface area contributed by atoms with Gasteiger partial charge in [0, 0.05) is 37.7 Å². The third-order valence-electron chi connectivity index (χ3n) is 9.67. The third-order valence-corrected chi connectivity index (χ3v) is 10.5. The molecule has 4 aliphatic heterocycles. The van der Waals surface area contributed by atoms with Gasteiger partial charge in [0.05, 0.1) is 21.8 Å². The van der Waals surface area contributed by atoms with Crippen molar-refractivity contribution in [1.29, 1.82) is 0 Å². The molecule has 0 saturated carbocycles. The molecule has 4 aliphatic rings. The number of rotatable bonds is 5. The summed E-state index contributed by atoms with van der Waals surface area (Å²) in [4.78, 5) is 23.2. The first-order valence-corrected chi connectivity index (χ1v) is 15.9. The summed E-state index contributed by atoms with van der Waals surface area (Å²) in [5.74, 6) is 0.224. The number of pyridine rings is 1. The standard InChI is InChI=1S/C30H34F2N8O2S/c1-3-17-13-40-19(11-34-17)15(2)42-27-21-25(22(32)24(35-27)18-6-4-7-20-23(18)36-28(33)43-20)37-29(38-26(21)40)41-14-30-8-5-9-39(30)12-16(31)10-30/h4,6-7,15-17,19,34H,3,5,8-14H2,1-2H3,(H2,33,36)/t15-,16+,17+,19-,30-/m0/s1. The predicted octanol–water partition coefficient (Wildman–Crippen LogP) is 4.32. The molecule has 0 radical (unpaired) electrons. The van der Waals surface area contributed by atoms with Crippen LogP contribution in [0.4, 0.5) is 19.7 Å². The maximum Gasteiger partial charge on any atom is 0.319 e. The molecule has 0 spiro atoms. The van der Waals surface area contributed by atoms with Gasteiger partial charge >= 0.3 is 6.01 Å². The number of piperazine rings is 1. The van der Waals surface area contributed by atoms with Gasteiger partial charge in [0.1, 0.15) is 41.3 Å². The highest BCUT2D eigenvalue weighted by Crippen LogP contribution is 2.44. The van der Waals surface area contributed by atoms with Crippen molar-refractivity contribution in [2.75, 3.05) is 43.4 Å². The number of thiazole rings is 1. The molecule has 226 valence electrons. The minimum absolute atomic E-state index is 0.0673. The van der Waals surface area contributed by atoms with E-state index >= 15 is 4.39 Å². The van der Waals surface area contributed by atoms with Crippen molar-refractivity contribution in [2.24, 2.45) is 0 Å². The molecule has 0 bridgehead atoms. The van der Waals surface area contributed by atoms with Crippen molar-refractivity contribution in [1.82, 2.24) is 30.2 Å². The molecule has 5 atom stereocenters. The van der Waals surface area contributed by atoms with Crippen LogP contribution in [0.2, 0.25) is 0 Å². The number of nitrogen functional groups attached to an aromatic ring is 1. The van der Waals surface area contributed by atoms with Crippen molar-refractivity contribution in [3.63, 3.8) is 0 Å². The number of ether oxygens (including phenoxy) is 2. The summed E-state index contributed by atoms with van der Waals surface area (Å²) in [6.45, 7) is 7.01. The Morgan fingerprint density at radius 2 is 2.09 bits per heavy atom. The van der Waals surface area contributed by atoms with Gasteiger partial charge < -0.3 is 25.4 Å². The normalized spacial score (nSPS) is 28.6. The number of alkyl halides is 1. The Morgan fingerprint density at radius 3 is 2.95 bits per heavy atom. The van der Waals surface area contributed by atoms with Crippen molar-refractivity contribution in [3.05, 3.63) is 24.0 Å². The van der Waals surface area contributed by atoms with Crippen molar-refractivity contribution in [3.8, 4) is 23.1 Å². The van der Waals surface area contributed by atoms with E-state index in [4.69, 9.17) is 25.2 Å². The van der Waals surface area contributed by atoms with E-state index in [1.807, 2.05) is 19.1 Å². The molecule has 43 heavy (non-hydrogen) atoms. The molecule has 8 rings (SSSR count). The van der Waals surface area contributed by atoms with Crippen LogP contribution in [0, 0.1) is 5.82 Å². The molecule has 7 heterocycles. The highest BCUT2D eigenvalue weighted by atomic mass is 32.1. The molecule has 13 heteroatoms. The number of para-hydroxylation sites is 1. The Kier molecular flexibility index (Phi) is 6.35. The number of halogens is 2. The van der Waals surface area contributed by atoms with Crippen LogP contribution in [0.15, 0.2) is 18.2 Å². The van der Waals surface area contributed by atoms with E-state index in [0.717, 1.165) is 30.5 Å². The van der Waals surface area contributed by atoms with E-state index in [-0.39, 0.29) is 53.4 Å². The molecule has 3 fully saturated rings. The number of hydrogen-bond acceptors (Lipinski definition) is 11. The average molecular weight is 609 g/mol. The number of nitrogens with zero attached hydrogens (tertiary/aromatic N) is 6. The Labute approximate surface area is 251 Å². The van der Waals surface area contributed by atoms with Crippen LogP contribution in [0.1, 0.15) is 39.5 Å². The fourth-order valence-corrected chi connectivity index (χ4v) is 8.23. The van der Waals surface area contributed by atoms with Crippen LogP contribution in [-0.4, -0.2) is 87.5 Å². The van der Waals surface area contributed by atoms with Crippen LogP contribution in [0.3, 0.4) is 0 Å².